The fraction of sp³-hybridized carbons (Fsp3) is 0. The minimum Gasteiger partial charge on any atom is -0.330 e. The Morgan fingerprint density at radius 1 is 1.24 bits per heavy atom. The Kier molecular flexibility index (Phi) is 3.39. The molecule has 0 bridgehead atoms. The molecule has 3 nitrogen and oxygen atoms in total. The normalized spacial score (nSPS) is 10.6. The molecule has 2 rings (SSSR count). The molecule has 0 atom stereocenters. The highest BCUT2D eigenvalue weighted by molar-refractivity contribution is 9.10. The summed E-state index contributed by atoms with van der Waals surface area (Å²) in [5.74, 6) is -1.53. The number of aldehydes is 1. The highest BCUT2D eigenvalue weighted by Gasteiger charge is 2.19. The number of carbonyl (C=O) groups excluding carboxylic acids is 1. The Bertz CT molecular complexity index is 575. The predicted molar refractivity (Wildman–Crippen MR) is 64.7 cm³/mol. The lowest BCUT2D eigenvalue weighted by molar-refractivity contribution is 0.111. The number of aromatic amines is 1. The van der Waals surface area contributed by atoms with Gasteiger partial charge in [0, 0.05) is 4.47 Å². The second-order valence-corrected chi connectivity index (χ2v) is 4.86. The summed E-state index contributed by atoms with van der Waals surface area (Å²) in [7, 11) is 0. The Morgan fingerprint density at radius 3 is 2.29 bits per heavy atom. The van der Waals surface area contributed by atoms with E-state index >= 15 is 0 Å². The third-order valence-electron chi connectivity index (χ3n) is 2.03. The molecular weight excluding hydrogens is 362 g/mol. The van der Waals surface area contributed by atoms with Gasteiger partial charge in [-0.1, -0.05) is 15.9 Å². The van der Waals surface area contributed by atoms with Crippen LogP contribution in [-0.4, -0.2) is 16.3 Å². The molecule has 0 spiro atoms. The van der Waals surface area contributed by atoms with Gasteiger partial charge in [0.1, 0.15) is 21.9 Å². The first-order valence-corrected chi connectivity index (χ1v) is 5.97. The van der Waals surface area contributed by atoms with Gasteiger partial charge in [0.25, 0.3) is 0 Å². The van der Waals surface area contributed by atoms with Crippen LogP contribution >= 0.6 is 31.9 Å². The van der Waals surface area contributed by atoms with Crippen LogP contribution < -0.4 is 0 Å². The number of carbonyl (C=O) groups is 1. The van der Waals surface area contributed by atoms with Gasteiger partial charge in [-0.2, -0.15) is 0 Å². The van der Waals surface area contributed by atoms with Crippen LogP contribution in [0.3, 0.4) is 0 Å². The van der Waals surface area contributed by atoms with E-state index in [4.69, 9.17) is 0 Å². The molecule has 1 heterocycles. The molecule has 0 aliphatic carbocycles. The van der Waals surface area contributed by atoms with Crippen molar-refractivity contribution in [1.82, 2.24) is 9.97 Å². The highest BCUT2D eigenvalue weighted by atomic mass is 79.9. The lowest BCUT2D eigenvalue weighted by Crippen LogP contribution is -1.92. The molecule has 0 aliphatic heterocycles. The van der Waals surface area contributed by atoms with Crippen LogP contribution in [0.5, 0.6) is 0 Å². The first-order chi connectivity index (χ1) is 8.02. The molecule has 0 saturated carbocycles. The van der Waals surface area contributed by atoms with E-state index in [1.54, 1.807) is 0 Å². The number of nitrogens with one attached hydrogen (secondary N) is 1. The number of rotatable bonds is 2. The second kappa shape index (κ2) is 4.66. The average Bonchev–Trinajstić information content (AvgIpc) is 2.59. The van der Waals surface area contributed by atoms with Crippen molar-refractivity contribution >= 4 is 38.1 Å². The minimum absolute atomic E-state index is 0.00593. The van der Waals surface area contributed by atoms with E-state index in [0.717, 1.165) is 12.1 Å². The van der Waals surface area contributed by atoms with Gasteiger partial charge >= 0.3 is 0 Å². The molecule has 0 saturated heterocycles. The van der Waals surface area contributed by atoms with Crippen molar-refractivity contribution < 1.29 is 13.6 Å². The van der Waals surface area contributed by atoms with E-state index in [-0.39, 0.29) is 21.7 Å². The lowest BCUT2D eigenvalue weighted by Gasteiger charge is -2.03. The summed E-state index contributed by atoms with van der Waals surface area (Å²) < 4.78 is 27.9. The molecule has 1 aromatic heterocycles. The number of halogens is 4. The summed E-state index contributed by atoms with van der Waals surface area (Å²) in [4.78, 5) is 16.9. The van der Waals surface area contributed by atoms with Crippen LogP contribution in [0, 0.1) is 11.6 Å². The highest BCUT2D eigenvalue weighted by Crippen LogP contribution is 2.32. The van der Waals surface area contributed by atoms with Crippen molar-refractivity contribution in [2.75, 3.05) is 0 Å². The number of benzene rings is 1. The first kappa shape index (κ1) is 12.4. The van der Waals surface area contributed by atoms with Crippen molar-refractivity contribution in [2.24, 2.45) is 0 Å². The largest absolute Gasteiger partial charge is 0.330 e. The van der Waals surface area contributed by atoms with Gasteiger partial charge in [-0.05, 0) is 28.1 Å². The van der Waals surface area contributed by atoms with Gasteiger partial charge < -0.3 is 4.98 Å². The molecule has 88 valence electrons. The molecular formula is C10H4Br2F2N2O. The van der Waals surface area contributed by atoms with E-state index in [9.17, 15) is 13.6 Å². The quantitative estimate of drug-likeness (QED) is 0.825. The summed E-state index contributed by atoms with van der Waals surface area (Å²) in [5, 5.41) is 0. The van der Waals surface area contributed by atoms with Crippen molar-refractivity contribution in [3.63, 3.8) is 0 Å². The molecule has 0 fully saturated rings. The number of nitrogens with zero attached hydrogens (tertiary/aromatic N) is 1. The Hall–Kier alpha value is -1.08. The molecule has 0 amide bonds. The number of aromatic nitrogens is 2. The topological polar surface area (TPSA) is 45.8 Å². The number of imidazole rings is 1. The predicted octanol–water partition coefficient (Wildman–Crippen LogP) is 3.69. The zero-order chi connectivity index (χ0) is 12.6. The Labute approximate surface area is 112 Å². The van der Waals surface area contributed by atoms with Crippen LogP contribution in [0.2, 0.25) is 0 Å². The van der Waals surface area contributed by atoms with Gasteiger partial charge in [0.2, 0.25) is 0 Å². The fourth-order valence-corrected chi connectivity index (χ4v) is 2.25. The second-order valence-electron chi connectivity index (χ2n) is 3.15. The van der Waals surface area contributed by atoms with Gasteiger partial charge in [0.15, 0.2) is 12.1 Å². The molecule has 0 unspecified atom stereocenters. The third kappa shape index (κ3) is 2.30. The monoisotopic (exact) mass is 364 g/mol. The average molecular weight is 366 g/mol. The molecule has 0 aliphatic rings. The van der Waals surface area contributed by atoms with Crippen LogP contribution in [0.1, 0.15) is 10.6 Å². The van der Waals surface area contributed by atoms with Gasteiger partial charge in [-0.15, -0.1) is 0 Å². The van der Waals surface area contributed by atoms with E-state index in [1.165, 1.54) is 0 Å². The third-order valence-corrected chi connectivity index (χ3v) is 3.06. The fourth-order valence-electron chi connectivity index (χ4n) is 1.36. The maximum absolute atomic E-state index is 13.7. The van der Waals surface area contributed by atoms with Gasteiger partial charge in [0.05, 0.1) is 5.56 Å². The number of hydrogen-bond acceptors (Lipinski definition) is 2. The summed E-state index contributed by atoms with van der Waals surface area (Å²) in [6.45, 7) is 0. The first-order valence-electron chi connectivity index (χ1n) is 4.38. The Balaban J connectivity index is 2.67. The summed E-state index contributed by atoms with van der Waals surface area (Å²) in [5.41, 5.74) is -0.265. The van der Waals surface area contributed by atoms with E-state index < -0.39 is 11.6 Å². The summed E-state index contributed by atoms with van der Waals surface area (Å²) >= 11 is 6.04. The number of H-pyrrole nitrogens is 1. The molecule has 17 heavy (non-hydrogen) atoms. The maximum atomic E-state index is 13.7. The molecule has 0 radical (unpaired) electrons. The lowest BCUT2D eigenvalue weighted by atomic mass is 10.1. The molecule has 1 aromatic carbocycles. The van der Waals surface area contributed by atoms with E-state index in [1.807, 2.05) is 0 Å². The summed E-state index contributed by atoms with van der Waals surface area (Å²) in [6, 6.07) is 2.25. The van der Waals surface area contributed by atoms with E-state index in [0.29, 0.717) is 10.8 Å². The standard InChI is InChI=1S/C10H4Br2F2N2O/c11-4-1-5(13)8(6(14)2-4)9-10(12)16-7(3-17)15-9/h1-3H,(H,15,16). The van der Waals surface area contributed by atoms with E-state index in [2.05, 4.69) is 41.8 Å². The van der Waals surface area contributed by atoms with Crippen molar-refractivity contribution in [3.8, 4) is 11.3 Å². The van der Waals surface area contributed by atoms with Gasteiger partial charge in [-0.3, -0.25) is 4.79 Å². The van der Waals surface area contributed by atoms with Crippen molar-refractivity contribution in [1.29, 1.82) is 0 Å². The smallest absolute Gasteiger partial charge is 0.185 e. The van der Waals surface area contributed by atoms with Crippen LogP contribution in [-0.2, 0) is 0 Å². The maximum Gasteiger partial charge on any atom is 0.185 e. The van der Waals surface area contributed by atoms with Crippen molar-refractivity contribution in [3.05, 3.63) is 38.7 Å². The SMILES string of the molecule is O=Cc1nc(-c2c(F)cc(Br)cc2F)c(Br)[nH]1. The van der Waals surface area contributed by atoms with Crippen LogP contribution in [0.25, 0.3) is 11.3 Å². The molecule has 7 heteroatoms. The molecule has 2 aromatic rings. The minimum atomic E-state index is -0.762. The number of hydrogen-bond donors (Lipinski definition) is 1. The van der Waals surface area contributed by atoms with Crippen molar-refractivity contribution in [2.45, 2.75) is 0 Å². The van der Waals surface area contributed by atoms with Gasteiger partial charge in [-0.25, -0.2) is 13.8 Å². The molecule has 1 N–H and O–H groups in total. The zero-order valence-corrected chi connectivity index (χ0v) is 11.3. The van der Waals surface area contributed by atoms with Crippen LogP contribution in [0.15, 0.2) is 21.2 Å². The summed E-state index contributed by atoms with van der Waals surface area (Å²) in [6.07, 6.45) is 0.461. The zero-order valence-electron chi connectivity index (χ0n) is 8.10. The van der Waals surface area contributed by atoms with Crippen LogP contribution in [0.4, 0.5) is 8.78 Å². The Morgan fingerprint density at radius 2 is 1.82 bits per heavy atom.